The summed E-state index contributed by atoms with van der Waals surface area (Å²) in [4.78, 5) is 39.5. The first kappa shape index (κ1) is 23.1. The van der Waals surface area contributed by atoms with Gasteiger partial charge in [0.15, 0.2) is 0 Å². The Labute approximate surface area is 199 Å². The van der Waals surface area contributed by atoms with Crippen LogP contribution in [0.3, 0.4) is 0 Å². The molecule has 0 aliphatic rings. The summed E-state index contributed by atoms with van der Waals surface area (Å²) < 4.78 is 15.2. The standard InChI is InChI=1S/C25H20ClFN4O3/c1-16(18-5-3-2-4-6-18)28-23(32)22-24(33)30(15-17-7-11-20(27)12-8-17)25(34)31(29-22)21-13-9-19(26)10-14-21/h2-14,16H,15H2,1H3,(H,28,32). The van der Waals surface area contributed by atoms with Crippen molar-refractivity contribution in [2.75, 3.05) is 0 Å². The second-order valence-corrected chi connectivity index (χ2v) is 8.08. The smallest absolute Gasteiger partial charge is 0.344 e. The molecule has 34 heavy (non-hydrogen) atoms. The molecule has 0 radical (unpaired) electrons. The van der Waals surface area contributed by atoms with E-state index in [-0.39, 0.29) is 6.54 Å². The first-order chi connectivity index (χ1) is 16.3. The number of nitrogens with zero attached hydrogens (tertiary/aromatic N) is 3. The van der Waals surface area contributed by atoms with Gasteiger partial charge in [0.25, 0.3) is 11.5 Å². The molecule has 0 fully saturated rings. The number of carbonyl (C=O) groups is 1. The molecule has 1 heterocycles. The average molecular weight is 479 g/mol. The van der Waals surface area contributed by atoms with Crippen LogP contribution in [-0.4, -0.2) is 20.3 Å². The minimum atomic E-state index is -0.850. The lowest BCUT2D eigenvalue weighted by Crippen LogP contribution is -2.46. The highest BCUT2D eigenvalue weighted by atomic mass is 35.5. The van der Waals surface area contributed by atoms with Crippen LogP contribution in [-0.2, 0) is 6.54 Å². The van der Waals surface area contributed by atoms with Gasteiger partial charge in [0, 0.05) is 5.02 Å². The van der Waals surface area contributed by atoms with E-state index >= 15 is 0 Å². The van der Waals surface area contributed by atoms with Gasteiger partial charge in [0.1, 0.15) is 5.82 Å². The van der Waals surface area contributed by atoms with Crippen LogP contribution in [0.25, 0.3) is 5.69 Å². The van der Waals surface area contributed by atoms with Gasteiger partial charge >= 0.3 is 5.69 Å². The Kier molecular flexibility index (Phi) is 6.70. The highest BCUT2D eigenvalue weighted by molar-refractivity contribution is 6.30. The quantitative estimate of drug-likeness (QED) is 0.457. The fourth-order valence-corrected chi connectivity index (χ4v) is 3.54. The van der Waals surface area contributed by atoms with Crippen molar-refractivity contribution < 1.29 is 9.18 Å². The van der Waals surface area contributed by atoms with Crippen molar-refractivity contribution in [2.45, 2.75) is 19.5 Å². The Morgan fingerprint density at radius 2 is 1.65 bits per heavy atom. The Morgan fingerprint density at radius 3 is 2.29 bits per heavy atom. The normalized spacial score (nSPS) is 11.7. The molecule has 0 aliphatic heterocycles. The van der Waals surface area contributed by atoms with Gasteiger partial charge in [0.05, 0.1) is 18.3 Å². The fourth-order valence-electron chi connectivity index (χ4n) is 3.41. The zero-order valence-electron chi connectivity index (χ0n) is 18.1. The number of hydrogen-bond donors (Lipinski definition) is 1. The van der Waals surface area contributed by atoms with Gasteiger partial charge in [-0.2, -0.15) is 9.78 Å². The van der Waals surface area contributed by atoms with Crippen LogP contribution in [0.1, 0.15) is 34.6 Å². The van der Waals surface area contributed by atoms with Crippen LogP contribution in [0, 0.1) is 5.82 Å². The molecule has 0 aliphatic carbocycles. The van der Waals surface area contributed by atoms with Crippen LogP contribution >= 0.6 is 11.6 Å². The van der Waals surface area contributed by atoms with Crippen molar-refractivity contribution in [3.63, 3.8) is 0 Å². The first-order valence-electron chi connectivity index (χ1n) is 10.4. The Bertz CT molecular complexity index is 1430. The van der Waals surface area contributed by atoms with Crippen molar-refractivity contribution >= 4 is 17.5 Å². The first-order valence-corrected chi connectivity index (χ1v) is 10.8. The van der Waals surface area contributed by atoms with Crippen molar-refractivity contribution in [3.8, 4) is 5.69 Å². The van der Waals surface area contributed by atoms with E-state index in [1.807, 2.05) is 30.3 Å². The summed E-state index contributed by atoms with van der Waals surface area (Å²) in [6.07, 6.45) is 0. The number of halogens is 2. The van der Waals surface area contributed by atoms with Gasteiger partial charge in [-0.1, -0.05) is 54.1 Å². The predicted octanol–water partition coefficient (Wildman–Crippen LogP) is 3.73. The molecule has 1 atom stereocenters. The molecule has 0 bridgehead atoms. The van der Waals surface area contributed by atoms with E-state index in [0.29, 0.717) is 16.3 Å². The van der Waals surface area contributed by atoms with Crippen molar-refractivity contribution in [1.29, 1.82) is 0 Å². The molecular weight excluding hydrogens is 459 g/mol. The molecule has 1 aromatic heterocycles. The maximum Gasteiger partial charge on any atom is 0.352 e. The van der Waals surface area contributed by atoms with Gasteiger partial charge in [-0.3, -0.25) is 14.2 Å². The number of nitrogens with one attached hydrogen (secondary N) is 1. The summed E-state index contributed by atoms with van der Waals surface area (Å²) in [5.41, 5.74) is -0.361. The molecule has 3 aromatic carbocycles. The third-order valence-corrected chi connectivity index (χ3v) is 5.50. The second-order valence-electron chi connectivity index (χ2n) is 7.64. The molecule has 1 amide bonds. The SMILES string of the molecule is CC(NC(=O)c1nn(-c2ccc(Cl)cc2)c(=O)n(Cc2ccc(F)cc2)c1=O)c1ccccc1. The molecule has 4 aromatic rings. The molecule has 7 nitrogen and oxygen atoms in total. The topological polar surface area (TPSA) is 86.0 Å². The van der Waals surface area contributed by atoms with Crippen molar-refractivity contribution in [2.24, 2.45) is 0 Å². The molecule has 1 N–H and O–H groups in total. The molecule has 9 heteroatoms. The summed E-state index contributed by atoms with van der Waals surface area (Å²) in [5.74, 6) is -1.17. The van der Waals surface area contributed by atoms with Crippen LogP contribution < -0.4 is 16.6 Å². The summed E-state index contributed by atoms with van der Waals surface area (Å²) >= 11 is 5.95. The van der Waals surface area contributed by atoms with E-state index in [9.17, 15) is 18.8 Å². The number of amides is 1. The van der Waals surface area contributed by atoms with Crippen LogP contribution in [0.4, 0.5) is 4.39 Å². The molecular formula is C25H20ClFN4O3. The maximum absolute atomic E-state index is 13.3. The molecule has 1 unspecified atom stereocenters. The van der Waals surface area contributed by atoms with Crippen LogP contribution in [0.2, 0.25) is 5.02 Å². The van der Waals surface area contributed by atoms with E-state index in [2.05, 4.69) is 10.4 Å². The molecule has 4 rings (SSSR count). The highest BCUT2D eigenvalue weighted by Crippen LogP contribution is 2.13. The Hall–Kier alpha value is -4.04. The van der Waals surface area contributed by atoms with E-state index in [1.54, 1.807) is 31.2 Å². The fraction of sp³-hybridized carbons (Fsp3) is 0.120. The lowest BCUT2D eigenvalue weighted by Gasteiger charge is -2.16. The summed E-state index contributed by atoms with van der Waals surface area (Å²) in [7, 11) is 0. The summed E-state index contributed by atoms with van der Waals surface area (Å²) in [5, 5.41) is 7.30. The molecule has 0 saturated carbocycles. The number of carbonyl (C=O) groups excluding carboxylic acids is 1. The van der Waals surface area contributed by atoms with Crippen LogP contribution in [0.15, 0.2) is 88.5 Å². The lowest BCUT2D eigenvalue weighted by molar-refractivity contribution is 0.0930. The average Bonchev–Trinajstić information content (AvgIpc) is 2.84. The van der Waals surface area contributed by atoms with Crippen molar-refractivity contribution in [1.82, 2.24) is 19.7 Å². The van der Waals surface area contributed by atoms with E-state index in [1.165, 1.54) is 24.3 Å². The summed E-state index contributed by atoms with van der Waals surface area (Å²) in [6, 6.07) is 20.5. The van der Waals surface area contributed by atoms with Gasteiger partial charge in [0.2, 0.25) is 5.69 Å². The molecule has 0 saturated heterocycles. The summed E-state index contributed by atoms with van der Waals surface area (Å²) in [6.45, 7) is 1.61. The van der Waals surface area contributed by atoms with Gasteiger partial charge in [-0.25, -0.2) is 9.18 Å². The third kappa shape index (κ3) is 4.97. The zero-order valence-corrected chi connectivity index (χ0v) is 18.9. The number of rotatable bonds is 6. The lowest BCUT2D eigenvalue weighted by atomic mass is 10.1. The maximum atomic E-state index is 13.3. The monoisotopic (exact) mass is 478 g/mol. The van der Waals surface area contributed by atoms with E-state index in [0.717, 1.165) is 14.8 Å². The largest absolute Gasteiger partial charge is 0.352 e. The zero-order chi connectivity index (χ0) is 24.2. The number of aromatic nitrogens is 3. The van der Waals surface area contributed by atoms with Crippen molar-refractivity contribution in [3.05, 3.63) is 127 Å². The Balaban J connectivity index is 1.80. The third-order valence-electron chi connectivity index (χ3n) is 5.25. The minimum absolute atomic E-state index is 0.164. The van der Waals surface area contributed by atoms with Gasteiger partial charge in [-0.15, -0.1) is 0 Å². The van der Waals surface area contributed by atoms with Gasteiger partial charge < -0.3 is 5.32 Å². The van der Waals surface area contributed by atoms with E-state index < -0.39 is 34.7 Å². The molecule has 0 spiro atoms. The molecule has 172 valence electrons. The number of hydrogen-bond acceptors (Lipinski definition) is 4. The second kappa shape index (κ2) is 9.84. The predicted molar refractivity (Wildman–Crippen MR) is 127 cm³/mol. The number of benzene rings is 3. The minimum Gasteiger partial charge on any atom is -0.344 e. The van der Waals surface area contributed by atoms with Gasteiger partial charge in [-0.05, 0) is 54.4 Å². The van der Waals surface area contributed by atoms with E-state index in [4.69, 9.17) is 11.6 Å². The highest BCUT2D eigenvalue weighted by Gasteiger charge is 2.22. The van der Waals surface area contributed by atoms with Crippen LogP contribution in [0.5, 0.6) is 0 Å². The Morgan fingerprint density at radius 1 is 1.00 bits per heavy atom.